The second kappa shape index (κ2) is 20.4. The van der Waals surface area contributed by atoms with Gasteiger partial charge < -0.3 is 0 Å². The van der Waals surface area contributed by atoms with Crippen LogP contribution in [0, 0.1) is 0 Å². The molecule has 0 atom stereocenters. The molecular formula is C80H50N4. The molecule has 15 aromatic rings. The Morgan fingerprint density at radius 1 is 0.179 bits per heavy atom. The highest BCUT2D eigenvalue weighted by molar-refractivity contribution is 6.04. The molecule has 0 fully saturated rings. The Balaban J connectivity index is 0.805. The lowest BCUT2D eigenvalue weighted by molar-refractivity contribution is 1.23. The molecule has 0 saturated carbocycles. The summed E-state index contributed by atoms with van der Waals surface area (Å²) in [5.74, 6) is 0.720. The van der Waals surface area contributed by atoms with Gasteiger partial charge in [-0.3, -0.25) is 0 Å². The Bertz CT molecular complexity index is 4770. The third-order valence-corrected chi connectivity index (χ3v) is 16.6. The first-order valence-electron chi connectivity index (χ1n) is 28.5. The average molecular weight is 1070 g/mol. The molecule has 12 aromatic carbocycles. The first-order valence-corrected chi connectivity index (χ1v) is 28.5. The summed E-state index contributed by atoms with van der Waals surface area (Å²) in [6.07, 6.45) is 1.95. The van der Waals surface area contributed by atoms with Crippen molar-refractivity contribution in [3.05, 3.63) is 303 Å². The third-order valence-electron chi connectivity index (χ3n) is 16.6. The summed E-state index contributed by atoms with van der Waals surface area (Å²) in [4.78, 5) is 20.4. The van der Waals surface area contributed by atoms with Crippen LogP contribution in [0.2, 0.25) is 0 Å². The van der Waals surface area contributed by atoms with Gasteiger partial charge in [0, 0.05) is 39.0 Å². The number of fused-ring (bicyclic) bond motifs is 1. The maximum absolute atomic E-state index is 5.29. The van der Waals surface area contributed by atoms with Crippen molar-refractivity contribution >= 4 is 32.7 Å². The van der Waals surface area contributed by atoms with Crippen LogP contribution in [0.1, 0.15) is 0 Å². The summed E-state index contributed by atoms with van der Waals surface area (Å²) < 4.78 is 0. The molecule has 4 heteroatoms. The number of rotatable bonds is 2. The fraction of sp³-hybridized carbons (Fsp3) is 0. The van der Waals surface area contributed by atoms with Crippen LogP contribution in [0.25, 0.3) is 167 Å². The number of hydrogen-bond acceptors (Lipinski definition) is 4. The van der Waals surface area contributed by atoms with Gasteiger partial charge in [0.1, 0.15) is 0 Å². The highest BCUT2D eigenvalue weighted by Crippen LogP contribution is 2.39. The Labute approximate surface area is 487 Å². The molecular weight excluding hydrogens is 1020 g/mol. The van der Waals surface area contributed by atoms with Crippen molar-refractivity contribution in [2.45, 2.75) is 0 Å². The zero-order chi connectivity index (χ0) is 55.5. The monoisotopic (exact) mass is 1070 g/mol. The van der Waals surface area contributed by atoms with Crippen molar-refractivity contribution in [3.8, 4) is 134 Å². The first-order chi connectivity index (χ1) is 41.5. The first kappa shape index (κ1) is 48.7. The molecule has 0 radical (unpaired) electrons. The van der Waals surface area contributed by atoms with Gasteiger partial charge in [-0.1, -0.05) is 231 Å². The minimum Gasteiger partial charge on any atom is -0.245 e. The van der Waals surface area contributed by atoms with Gasteiger partial charge in [0.2, 0.25) is 0 Å². The molecule has 7 aliphatic rings. The van der Waals surface area contributed by atoms with Crippen molar-refractivity contribution in [1.82, 2.24) is 19.9 Å². The van der Waals surface area contributed by atoms with Crippen molar-refractivity contribution in [2.24, 2.45) is 0 Å². The number of benzene rings is 12. The van der Waals surface area contributed by atoms with E-state index in [1.165, 1.54) is 11.1 Å². The van der Waals surface area contributed by atoms with Gasteiger partial charge in [-0.2, -0.15) is 0 Å². The van der Waals surface area contributed by atoms with Crippen molar-refractivity contribution < 1.29 is 0 Å². The Hall–Kier alpha value is -11.2. The lowest BCUT2D eigenvalue weighted by Crippen LogP contribution is -1.91. The Morgan fingerprint density at radius 2 is 0.476 bits per heavy atom. The predicted octanol–water partition coefficient (Wildman–Crippen LogP) is 21.0. The molecule has 4 nitrogen and oxygen atoms in total. The molecule has 22 rings (SSSR count). The van der Waals surface area contributed by atoms with Crippen LogP contribution < -0.4 is 0 Å². The van der Waals surface area contributed by atoms with Crippen molar-refractivity contribution in [2.75, 3.05) is 0 Å². The van der Waals surface area contributed by atoms with Gasteiger partial charge in [0.15, 0.2) is 5.82 Å². The van der Waals surface area contributed by atoms with Crippen LogP contribution in [-0.4, -0.2) is 19.9 Å². The van der Waals surface area contributed by atoms with Gasteiger partial charge in [-0.05, 0) is 167 Å². The van der Waals surface area contributed by atoms with Crippen LogP contribution >= 0.6 is 0 Å². The highest BCUT2D eigenvalue weighted by Gasteiger charge is 2.15. The molecule has 0 aliphatic carbocycles. The number of pyridine rings is 2. The van der Waals surface area contributed by atoms with E-state index in [4.69, 9.17) is 19.9 Å². The molecule has 0 spiro atoms. The standard InChI is InChI=1S/C80H50N4/c1-2-8-61(9-3-1)80-81-50-74-46-70(38-41-77(74)84-80)73-48-71-47-72(49-73)69-17-7-15-67(45-69)54-24-20-52(21-25-54)63-11-5-13-65(43-63)56-28-32-58(33-29-56)76-40-37-60-35-34-59-36-39-75(82-78(59)79(60)83-76)57-30-26-55(27-31-57)64-12-4-10-62(42-64)51-18-22-53(23-19-51)66-14-6-16-68(71)44-66/h1-50H. The minimum absolute atomic E-state index is 0.720. The molecule has 10 heterocycles. The van der Waals surface area contributed by atoms with Gasteiger partial charge in [0.05, 0.1) is 27.9 Å². The zero-order valence-electron chi connectivity index (χ0n) is 45.7. The third kappa shape index (κ3) is 9.18. The molecule has 0 unspecified atom stereocenters. The summed E-state index contributed by atoms with van der Waals surface area (Å²) in [6.45, 7) is 0. The van der Waals surface area contributed by atoms with E-state index < -0.39 is 0 Å². The molecule has 390 valence electrons. The van der Waals surface area contributed by atoms with E-state index in [-0.39, 0.29) is 0 Å². The van der Waals surface area contributed by atoms with E-state index in [0.29, 0.717) is 0 Å². The molecule has 0 saturated heterocycles. The summed E-state index contributed by atoms with van der Waals surface area (Å²) in [5.41, 5.74) is 28.3. The van der Waals surface area contributed by atoms with Crippen LogP contribution in [-0.2, 0) is 0 Å². The number of hydrogen-bond donors (Lipinski definition) is 0. The van der Waals surface area contributed by atoms with E-state index in [9.17, 15) is 0 Å². The van der Waals surface area contributed by atoms with E-state index in [2.05, 4.69) is 279 Å². The summed E-state index contributed by atoms with van der Waals surface area (Å²) >= 11 is 0. The zero-order valence-corrected chi connectivity index (χ0v) is 45.7. The quantitative estimate of drug-likeness (QED) is 0.162. The maximum Gasteiger partial charge on any atom is 0.159 e. The lowest BCUT2D eigenvalue weighted by atomic mass is 9.90. The van der Waals surface area contributed by atoms with E-state index in [1.54, 1.807) is 0 Å². The number of nitrogens with zero attached hydrogens (tertiary/aromatic N) is 4. The largest absolute Gasteiger partial charge is 0.245 e. The van der Waals surface area contributed by atoms with E-state index in [0.717, 1.165) is 156 Å². The van der Waals surface area contributed by atoms with E-state index >= 15 is 0 Å². The molecule has 3 aromatic heterocycles. The number of aromatic nitrogens is 4. The second-order valence-electron chi connectivity index (χ2n) is 21.9. The van der Waals surface area contributed by atoms with Crippen LogP contribution in [0.15, 0.2) is 303 Å². The average Bonchev–Trinajstić information content (AvgIpc) is 3.51. The lowest BCUT2D eigenvalue weighted by Gasteiger charge is -2.14. The molecule has 22 bridgehead atoms. The highest BCUT2D eigenvalue weighted by atomic mass is 14.9. The molecule has 0 amide bonds. The normalized spacial score (nSPS) is 11.6. The van der Waals surface area contributed by atoms with E-state index in [1.807, 2.05) is 24.4 Å². The fourth-order valence-electron chi connectivity index (χ4n) is 12.0. The van der Waals surface area contributed by atoms with Gasteiger partial charge >= 0.3 is 0 Å². The second-order valence-corrected chi connectivity index (χ2v) is 21.9. The Morgan fingerprint density at radius 3 is 0.857 bits per heavy atom. The van der Waals surface area contributed by atoms with Gasteiger partial charge in [0.25, 0.3) is 0 Å². The summed E-state index contributed by atoms with van der Waals surface area (Å²) in [7, 11) is 0. The SMILES string of the molecule is c1ccc(-c2ncc3cc(-c4cc5cc(c4)-c4cccc(c4)-c4ccc(cc4)-c4cccc(c4)-c4ccc(cc4)-c4ccc6ccc7ccc(nc7c6n4)-c4ccc(cc4)-c4cccc(c4)-c4ccc(cc4)-c4cccc-5c4)ccc3n2)cc1. The van der Waals surface area contributed by atoms with Crippen molar-refractivity contribution in [1.29, 1.82) is 0 Å². The topological polar surface area (TPSA) is 51.6 Å². The Kier molecular flexibility index (Phi) is 11.8. The van der Waals surface area contributed by atoms with Crippen LogP contribution in [0.5, 0.6) is 0 Å². The molecule has 84 heavy (non-hydrogen) atoms. The predicted molar refractivity (Wildman–Crippen MR) is 349 cm³/mol. The van der Waals surface area contributed by atoms with Crippen LogP contribution in [0.4, 0.5) is 0 Å². The minimum atomic E-state index is 0.720. The fourth-order valence-corrected chi connectivity index (χ4v) is 12.0. The smallest absolute Gasteiger partial charge is 0.159 e. The molecule has 7 aliphatic heterocycles. The van der Waals surface area contributed by atoms with Crippen LogP contribution in [0.3, 0.4) is 0 Å². The maximum atomic E-state index is 5.29. The van der Waals surface area contributed by atoms with Crippen molar-refractivity contribution in [3.63, 3.8) is 0 Å². The van der Waals surface area contributed by atoms with Gasteiger partial charge in [-0.25, -0.2) is 19.9 Å². The molecule has 0 N–H and O–H groups in total. The summed E-state index contributed by atoms with van der Waals surface area (Å²) in [6, 6.07) is 108. The summed E-state index contributed by atoms with van der Waals surface area (Å²) in [5, 5.41) is 3.11. The van der Waals surface area contributed by atoms with Gasteiger partial charge in [-0.15, -0.1) is 0 Å².